The summed E-state index contributed by atoms with van der Waals surface area (Å²) < 4.78 is 0. The van der Waals surface area contributed by atoms with E-state index in [1.54, 1.807) is 34.8 Å². The van der Waals surface area contributed by atoms with Crippen molar-refractivity contribution >= 4 is 22.9 Å². The summed E-state index contributed by atoms with van der Waals surface area (Å²) in [4.78, 5) is 18.5. The zero-order valence-electron chi connectivity index (χ0n) is 10.3. The van der Waals surface area contributed by atoms with E-state index in [1.807, 2.05) is 13.8 Å². The summed E-state index contributed by atoms with van der Waals surface area (Å²) >= 11 is 1.31. The van der Waals surface area contributed by atoms with Gasteiger partial charge in [-0.05, 0) is 25.5 Å². The first-order chi connectivity index (χ1) is 8.63. The second kappa shape index (κ2) is 5.18. The number of aryl methyl sites for hydroxylation is 1. The van der Waals surface area contributed by atoms with Crippen molar-refractivity contribution in [2.24, 2.45) is 0 Å². The zero-order chi connectivity index (χ0) is 13.1. The highest BCUT2D eigenvalue weighted by Crippen LogP contribution is 2.26. The summed E-state index contributed by atoms with van der Waals surface area (Å²) in [6.07, 6.45) is 1.56. The fourth-order valence-corrected chi connectivity index (χ4v) is 2.33. The molecule has 1 N–H and O–H groups in total. The SMILES string of the molecule is CCN(C(=O)c1cncs1)c1cc(O)ccc1C. The maximum atomic E-state index is 12.3. The number of hydrogen-bond acceptors (Lipinski definition) is 4. The minimum atomic E-state index is -0.0892. The second-order valence-electron chi connectivity index (χ2n) is 3.89. The molecule has 18 heavy (non-hydrogen) atoms. The van der Waals surface area contributed by atoms with Gasteiger partial charge in [-0.2, -0.15) is 0 Å². The predicted octanol–water partition coefficient (Wildman–Crippen LogP) is 2.82. The van der Waals surface area contributed by atoms with Crippen molar-refractivity contribution in [1.82, 2.24) is 4.98 Å². The standard InChI is InChI=1S/C13H14N2O2S/c1-3-15(13(17)12-7-14-8-18-12)11-6-10(16)5-4-9(11)2/h4-8,16H,3H2,1-2H3. The highest BCUT2D eigenvalue weighted by Gasteiger charge is 2.19. The number of benzene rings is 1. The molecule has 2 aromatic rings. The van der Waals surface area contributed by atoms with Crippen LogP contribution in [0.4, 0.5) is 5.69 Å². The molecule has 1 aromatic heterocycles. The van der Waals surface area contributed by atoms with E-state index < -0.39 is 0 Å². The molecule has 0 fully saturated rings. The van der Waals surface area contributed by atoms with E-state index in [9.17, 15) is 9.90 Å². The zero-order valence-corrected chi connectivity index (χ0v) is 11.1. The van der Waals surface area contributed by atoms with E-state index >= 15 is 0 Å². The molecule has 1 heterocycles. The van der Waals surface area contributed by atoms with Gasteiger partial charge in [0.25, 0.3) is 5.91 Å². The van der Waals surface area contributed by atoms with Gasteiger partial charge >= 0.3 is 0 Å². The Morgan fingerprint density at radius 1 is 1.50 bits per heavy atom. The topological polar surface area (TPSA) is 53.4 Å². The Bertz CT molecular complexity index is 552. The molecule has 0 spiro atoms. The molecular weight excluding hydrogens is 248 g/mol. The molecule has 0 radical (unpaired) electrons. The van der Waals surface area contributed by atoms with Gasteiger partial charge in [-0.3, -0.25) is 9.78 Å². The van der Waals surface area contributed by atoms with Crippen LogP contribution in [0.2, 0.25) is 0 Å². The molecule has 4 nitrogen and oxygen atoms in total. The molecule has 0 aliphatic rings. The number of rotatable bonds is 3. The van der Waals surface area contributed by atoms with Gasteiger partial charge in [0.05, 0.1) is 17.4 Å². The van der Waals surface area contributed by atoms with Crippen molar-refractivity contribution in [1.29, 1.82) is 0 Å². The Labute approximate surface area is 110 Å². The summed E-state index contributed by atoms with van der Waals surface area (Å²) in [5, 5.41) is 9.55. The highest BCUT2D eigenvalue weighted by molar-refractivity contribution is 7.11. The fraction of sp³-hybridized carbons (Fsp3) is 0.231. The van der Waals surface area contributed by atoms with Crippen LogP contribution in [0.15, 0.2) is 29.9 Å². The van der Waals surface area contributed by atoms with E-state index in [-0.39, 0.29) is 11.7 Å². The lowest BCUT2D eigenvalue weighted by molar-refractivity contribution is 0.0992. The third kappa shape index (κ3) is 2.36. The first kappa shape index (κ1) is 12.6. The van der Waals surface area contributed by atoms with Gasteiger partial charge in [0, 0.05) is 12.6 Å². The van der Waals surface area contributed by atoms with E-state index in [0.717, 1.165) is 11.3 Å². The third-order valence-electron chi connectivity index (χ3n) is 2.69. The monoisotopic (exact) mass is 262 g/mol. The molecule has 0 aliphatic heterocycles. The Balaban J connectivity index is 2.39. The molecule has 2 rings (SSSR count). The van der Waals surface area contributed by atoms with Crippen LogP contribution in [0.25, 0.3) is 0 Å². The van der Waals surface area contributed by atoms with Crippen LogP contribution in [0, 0.1) is 6.92 Å². The molecule has 0 atom stereocenters. The Hall–Kier alpha value is -1.88. The molecule has 5 heteroatoms. The molecule has 1 aromatic carbocycles. The molecule has 0 unspecified atom stereocenters. The summed E-state index contributed by atoms with van der Waals surface area (Å²) in [5.74, 6) is 0.0693. The minimum Gasteiger partial charge on any atom is -0.508 e. The molecule has 1 amide bonds. The number of aromatic nitrogens is 1. The minimum absolute atomic E-state index is 0.0892. The molecule has 0 saturated carbocycles. The largest absolute Gasteiger partial charge is 0.508 e. The molecule has 0 bridgehead atoms. The third-order valence-corrected chi connectivity index (χ3v) is 3.45. The van der Waals surface area contributed by atoms with Gasteiger partial charge in [-0.15, -0.1) is 11.3 Å². The Morgan fingerprint density at radius 3 is 2.89 bits per heavy atom. The van der Waals surface area contributed by atoms with Crippen LogP contribution in [0.5, 0.6) is 5.75 Å². The number of anilines is 1. The Morgan fingerprint density at radius 2 is 2.28 bits per heavy atom. The van der Waals surface area contributed by atoms with E-state index in [2.05, 4.69) is 4.98 Å². The number of amides is 1. The first-order valence-corrected chi connectivity index (χ1v) is 6.51. The number of carbonyl (C=O) groups is 1. The lowest BCUT2D eigenvalue weighted by Gasteiger charge is -2.22. The van der Waals surface area contributed by atoms with Crippen LogP contribution in [-0.4, -0.2) is 22.5 Å². The van der Waals surface area contributed by atoms with Crippen molar-refractivity contribution < 1.29 is 9.90 Å². The second-order valence-corrected chi connectivity index (χ2v) is 4.77. The van der Waals surface area contributed by atoms with Crippen molar-refractivity contribution in [2.45, 2.75) is 13.8 Å². The quantitative estimate of drug-likeness (QED) is 0.925. The first-order valence-electron chi connectivity index (χ1n) is 5.63. The Kier molecular flexibility index (Phi) is 3.62. The highest BCUT2D eigenvalue weighted by atomic mass is 32.1. The van der Waals surface area contributed by atoms with Crippen LogP contribution >= 0.6 is 11.3 Å². The molecule has 94 valence electrons. The lowest BCUT2D eigenvalue weighted by atomic mass is 10.1. The van der Waals surface area contributed by atoms with Gasteiger partial charge in [0.15, 0.2) is 0 Å². The molecule has 0 saturated heterocycles. The van der Waals surface area contributed by atoms with Gasteiger partial charge in [0.2, 0.25) is 0 Å². The number of phenolic OH excluding ortho intramolecular Hbond substituents is 1. The van der Waals surface area contributed by atoms with Crippen molar-refractivity contribution in [3.63, 3.8) is 0 Å². The molecular formula is C13H14N2O2S. The van der Waals surface area contributed by atoms with Gasteiger partial charge in [-0.1, -0.05) is 6.07 Å². The van der Waals surface area contributed by atoms with E-state index in [1.165, 1.54) is 11.3 Å². The van der Waals surface area contributed by atoms with E-state index in [4.69, 9.17) is 0 Å². The number of phenols is 1. The predicted molar refractivity (Wildman–Crippen MR) is 72.3 cm³/mol. The van der Waals surface area contributed by atoms with E-state index in [0.29, 0.717) is 11.4 Å². The van der Waals surface area contributed by atoms with Crippen molar-refractivity contribution in [2.75, 3.05) is 11.4 Å². The molecule has 0 aliphatic carbocycles. The van der Waals surface area contributed by atoms with Gasteiger partial charge in [0.1, 0.15) is 10.6 Å². The summed E-state index contributed by atoms with van der Waals surface area (Å²) in [5.41, 5.74) is 3.32. The van der Waals surface area contributed by atoms with Crippen LogP contribution in [0.1, 0.15) is 22.2 Å². The number of thiazole rings is 1. The maximum absolute atomic E-state index is 12.3. The summed E-state index contributed by atoms with van der Waals surface area (Å²) in [6.45, 7) is 4.36. The van der Waals surface area contributed by atoms with Crippen molar-refractivity contribution in [3.05, 3.63) is 40.3 Å². The number of carbonyl (C=O) groups excluding carboxylic acids is 1. The maximum Gasteiger partial charge on any atom is 0.269 e. The van der Waals surface area contributed by atoms with Gasteiger partial charge < -0.3 is 10.0 Å². The fourth-order valence-electron chi connectivity index (χ4n) is 1.77. The average Bonchev–Trinajstić information content (AvgIpc) is 2.88. The number of aromatic hydroxyl groups is 1. The summed E-state index contributed by atoms with van der Waals surface area (Å²) in [6, 6.07) is 5.02. The number of nitrogens with zero attached hydrogens (tertiary/aromatic N) is 2. The van der Waals surface area contributed by atoms with Gasteiger partial charge in [-0.25, -0.2) is 0 Å². The van der Waals surface area contributed by atoms with Crippen molar-refractivity contribution in [3.8, 4) is 5.75 Å². The van der Waals surface area contributed by atoms with Crippen LogP contribution in [-0.2, 0) is 0 Å². The van der Waals surface area contributed by atoms with Crippen LogP contribution < -0.4 is 4.90 Å². The lowest BCUT2D eigenvalue weighted by Crippen LogP contribution is -2.30. The average molecular weight is 262 g/mol. The smallest absolute Gasteiger partial charge is 0.269 e. The van der Waals surface area contributed by atoms with Crippen LogP contribution in [0.3, 0.4) is 0 Å². The summed E-state index contributed by atoms with van der Waals surface area (Å²) in [7, 11) is 0. The number of hydrogen-bond donors (Lipinski definition) is 1. The normalized spacial score (nSPS) is 10.3.